The van der Waals surface area contributed by atoms with E-state index in [1.165, 1.54) is 0 Å². The van der Waals surface area contributed by atoms with E-state index >= 15 is 0 Å². The number of hydrogen-bond acceptors (Lipinski definition) is 5. The fourth-order valence-corrected chi connectivity index (χ4v) is 2.54. The predicted octanol–water partition coefficient (Wildman–Crippen LogP) is -0.344. The second-order valence-electron chi connectivity index (χ2n) is 4.82. The first-order valence-corrected chi connectivity index (χ1v) is 6.39. The summed E-state index contributed by atoms with van der Waals surface area (Å²) in [6, 6.07) is 3.17. The van der Waals surface area contributed by atoms with E-state index in [0.29, 0.717) is 19.8 Å². The number of morpholine rings is 1. The highest BCUT2D eigenvalue weighted by atomic mass is 16.5. The summed E-state index contributed by atoms with van der Waals surface area (Å²) < 4.78 is 5.34. The number of nitrogens with two attached hydrogens (primary N) is 2. The number of rotatable bonds is 4. The van der Waals surface area contributed by atoms with Crippen LogP contribution in [0.1, 0.15) is 18.5 Å². The molecule has 3 unspecified atom stereocenters. The van der Waals surface area contributed by atoms with Crippen LogP contribution in [0.2, 0.25) is 0 Å². The Morgan fingerprint density at radius 2 is 2.42 bits per heavy atom. The Kier molecular flexibility index (Phi) is 4.47. The van der Waals surface area contributed by atoms with Crippen LogP contribution < -0.4 is 11.5 Å². The fourth-order valence-electron chi connectivity index (χ4n) is 2.54. The molecular formula is C13H20N4O2. The van der Waals surface area contributed by atoms with E-state index in [0.717, 1.165) is 5.56 Å². The third-order valence-corrected chi connectivity index (χ3v) is 3.38. The number of aromatic nitrogens is 1. The van der Waals surface area contributed by atoms with Crippen LogP contribution in [0.4, 0.5) is 0 Å². The summed E-state index contributed by atoms with van der Waals surface area (Å²) in [5, 5.41) is 0. The lowest BCUT2D eigenvalue weighted by Crippen LogP contribution is -2.56. The van der Waals surface area contributed by atoms with Crippen LogP contribution in [-0.4, -0.2) is 47.6 Å². The average Bonchev–Trinajstić information content (AvgIpc) is 2.40. The zero-order valence-electron chi connectivity index (χ0n) is 11.0. The molecule has 0 saturated carbocycles. The highest BCUT2D eigenvalue weighted by Gasteiger charge is 2.35. The second kappa shape index (κ2) is 6.10. The molecule has 1 aromatic heterocycles. The minimum Gasteiger partial charge on any atom is -0.378 e. The van der Waals surface area contributed by atoms with Crippen molar-refractivity contribution in [3.63, 3.8) is 0 Å². The first-order valence-electron chi connectivity index (χ1n) is 6.39. The largest absolute Gasteiger partial charge is 0.378 e. The van der Waals surface area contributed by atoms with Crippen LogP contribution in [-0.2, 0) is 9.53 Å². The average molecular weight is 264 g/mol. The number of nitrogens with zero attached hydrogens (tertiary/aromatic N) is 2. The number of ether oxygens (including phenoxy) is 1. The molecule has 4 N–H and O–H groups in total. The normalized spacial score (nSPS) is 23.8. The Morgan fingerprint density at radius 3 is 3.00 bits per heavy atom. The maximum atomic E-state index is 11.6. The molecule has 0 aromatic carbocycles. The standard InChI is InChI=1S/C13H20N4O2/c1-9(14)12(10-3-2-4-16-7-10)17-5-6-19-8-11(17)13(15)18/h2-4,7,9,11-12H,5-6,8,14H2,1H3,(H2,15,18). The monoisotopic (exact) mass is 264 g/mol. The molecule has 1 fully saturated rings. The number of carbonyl (C=O) groups excluding carboxylic acids is 1. The van der Waals surface area contributed by atoms with Crippen molar-refractivity contribution in [2.24, 2.45) is 11.5 Å². The summed E-state index contributed by atoms with van der Waals surface area (Å²) in [6.07, 6.45) is 3.49. The van der Waals surface area contributed by atoms with E-state index in [-0.39, 0.29) is 18.0 Å². The van der Waals surface area contributed by atoms with Crippen LogP contribution >= 0.6 is 0 Å². The third-order valence-electron chi connectivity index (χ3n) is 3.38. The van der Waals surface area contributed by atoms with Crippen LogP contribution in [0.25, 0.3) is 0 Å². The van der Waals surface area contributed by atoms with Crippen molar-refractivity contribution in [2.75, 3.05) is 19.8 Å². The van der Waals surface area contributed by atoms with Gasteiger partial charge in [-0.05, 0) is 18.6 Å². The van der Waals surface area contributed by atoms with Crippen molar-refractivity contribution in [1.29, 1.82) is 0 Å². The van der Waals surface area contributed by atoms with Crippen LogP contribution in [0.3, 0.4) is 0 Å². The van der Waals surface area contributed by atoms with Gasteiger partial charge in [0.2, 0.25) is 5.91 Å². The molecular weight excluding hydrogens is 244 g/mol. The molecule has 1 aromatic rings. The first kappa shape index (κ1) is 13.9. The lowest BCUT2D eigenvalue weighted by Gasteiger charge is -2.41. The molecule has 1 amide bonds. The quantitative estimate of drug-likeness (QED) is 0.775. The summed E-state index contributed by atoms with van der Waals surface area (Å²) >= 11 is 0. The van der Waals surface area contributed by atoms with Crippen LogP contribution in [0, 0.1) is 0 Å². The summed E-state index contributed by atoms with van der Waals surface area (Å²) in [4.78, 5) is 17.7. The third kappa shape index (κ3) is 3.09. The molecule has 6 heteroatoms. The minimum atomic E-state index is -0.440. The van der Waals surface area contributed by atoms with Gasteiger partial charge < -0.3 is 16.2 Å². The maximum Gasteiger partial charge on any atom is 0.237 e. The molecule has 1 saturated heterocycles. The van der Waals surface area contributed by atoms with E-state index in [4.69, 9.17) is 16.2 Å². The summed E-state index contributed by atoms with van der Waals surface area (Å²) in [5.41, 5.74) is 12.5. The van der Waals surface area contributed by atoms with Gasteiger partial charge in [0.1, 0.15) is 6.04 Å². The van der Waals surface area contributed by atoms with Gasteiger partial charge in [-0.15, -0.1) is 0 Å². The fraction of sp³-hybridized carbons (Fsp3) is 0.538. The zero-order chi connectivity index (χ0) is 13.8. The van der Waals surface area contributed by atoms with Gasteiger partial charge in [-0.25, -0.2) is 0 Å². The maximum absolute atomic E-state index is 11.6. The van der Waals surface area contributed by atoms with Crippen molar-refractivity contribution < 1.29 is 9.53 Å². The van der Waals surface area contributed by atoms with E-state index < -0.39 is 6.04 Å². The number of amides is 1. The molecule has 2 rings (SSSR count). The topological polar surface area (TPSA) is 94.5 Å². The van der Waals surface area contributed by atoms with E-state index in [1.54, 1.807) is 12.4 Å². The molecule has 6 nitrogen and oxygen atoms in total. The van der Waals surface area contributed by atoms with E-state index in [9.17, 15) is 4.79 Å². The molecule has 104 valence electrons. The van der Waals surface area contributed by atoms with Gasteiger partial charge in [-0.3, -0.25) is 14.7 Å². The Bertz CT molecular complexity index is 424. The first-order chi connectivity index (χ1) is 9.11. The van der Waals surface area contributed by atoms with E-state index in [2.05, 4.69) is 4.98 Å². The van der Waals surface area contributed by atoms with Gasteiger partial charge in [0, 0.05) is 25.0 Å². The molecule has 0 aliphatic carbocycles. The van der Waals surface area contributed by atoms with Crippen molar-refractivity contribution in [3.8, 4) is 0 Å². The number of primary amides is 1. The van der Waals surface area contributed by atoms with Gasteiger partial charge in [0.15, 0.2) is 0 Å². The van der Waals surface area contributed by atoms with Crippen molar-refractivity contribution in [2.45, 2.75) is 25.0 Å². The van der Waals surface area contributed by atoms with Gasteiger partial charge in [-0.2, -0.15) is 0 Å². The highest BCUT2D eigenvalue weighted by Crippen LogP contribution is 2.26. The molecule has 1 aliphatic rings. The molecule has 1 aliphatic heterocycles. The molecule has 0 bridgehead atoms. The zero-order valence-corrected chi connectivity index (χ0v) is 11.0. The van der Waals surface area contributed by atoms with Gasteiger partial charge >= 0.3 is 0 Å². The molecule has 2 heterocycles. The highest BCUT2D eigenvalue weighted by molar-refractivity contribution is 5.80. The summed E-state index contributed by atoms with van der Waals surface area (Å²) in [5.74, 6) is -0.380. The molecule has 19 heavy (non-hydrogen) atoms. The Labute approximate surface area is 112 Å². The van der Waals surface area contributed by atoms with Crippen molar-refractivity contribution in [3.05, 3.63) is 30.1 Å². The summed E-state index contributed by atoms with van der Waals surface area (Å²) in [6.45, 7) is 3.45. The Hall–Kier alpha value is -1.50. The lowest BCUT2D eigenvalue weighted by molar-refractivity contribution is -0.131. The van der Waals surface area contributed by atoms with Crippen LogP contribution in [0.5, 0.6) is 0 Å². The molecule has 0 spiro atoms. The smallest absolute Gasteiger partial charge is 0.237 e. The minimum absolute atomic E-state index is 0.0879. The number of carbonyl (C=O) groups is 1. The van der Waals surface area contributed by atoms with Gasteiger partial charge in [0.25, 0.3) is 0 Å². The Balaban J connectivity index is 2.30. The van der Waals surface area contributed by atoms with Crippen molar-refractivity contribution in [1.82, 2.24) is 9.88 Å². The second-order valence-corrected chi connectivity index (χ2v) is 4.82. The SMILES string of the molecule is CC(N)C(c1cccnc1)N1CCOCC1C(N)=O. The predicted molar refractivity (Wildman–Crippen MR) is 71.1 cm³/mol. The van der Waals surface area contributed by atoms with E-state index in [1.807, 2.05) is 24.0 Å². The molecule has 3 atom stereocenters. The van der Waals surface area contributed by atoms with Crippen molar-refractivity contribution >= 4 is 5.91 Å². The van der Waals surface area contributed by atoms with Gasteiger partial charge in [-0.1, -0.05) is 6.07 Å². The summed E-state index contributed by atoms with van der Waals surface area (Å²) in [7, 11) is 0. The van der Waals surface area contributed by atoms with Crippen LogP contribution in [0.15, 0.2) is 24.5 Å². The number of pyridine rings is 1. The molecule has 0 radical (unpaired) electrons. The Morgan fingerprint density at radius 1 is 1.63 bits per heavy atom. The number of hydrogen-bond donors (Lipinski definition) is 2. The lowest BCUT2D eigenvalue weighted by atomic mass is 9.98. The van der Waals surface area contributed by atoms with Gasteiger partial charge in [0.05, 0.1) is 19.3 Å².